The first-order chi connectivity index (χ1) is 4.66. The van der Waals surface area contributed by atoms with Crippen molar-refractivity contribution < 1.29 is 5.11 Å². The van der Waals surface area contributed by atoms with E-state index < -0.39 is 0 Å². The number of aliphatic hydroxyl groups excluding tert-OH is 1. The Morgan fingerprint density at radius 1 is 1.50 bits per heavy atom. The molecule has 0 aliphatic heterocycles. The summed E-state index contributed by atoms with van der Waals surface area (Å²) >= 11 is 0. The smallest absolute Gasteiger partial charge is 0.0545 e. The van der Waals surface area contributed by atoms with Crippen LogP contribution in [0.2, 0.25) is 0 Å². The van der Waals surface area contributed by atoms with E-state index in [1.807, 2.05) is 6.08 Å². The van der Waals surface area contributed by atoms with Gasteiger partial charge < -0.3 is 5.11 Å². The van der Waals surface area contributed by atoms with E-state index in [1.54, 1.807) is 0 Å². The summed E-state index contributed by atoms with van der Waals surface area (Å²) in [5.74, 6) is 0.597. The van der Waals surface area contributed by atoms with Crippen LogP contribution in [-0.2, 0) is 0 Å². The Bertz CT molecular complexity index is 86.7. The van der Waals surface area contributed by atoms with Gasteiger partial charge in [0.05, 0.1) is 6.10 Å². The lowest BCUT2D eigenvalue weighted by Gasteiger charge is -2.10. The van der Waals surface area contributed by atoms with Crippen molar-refractivity contribution in [1.82, 2.24) is 0 Å². The van der Waals surface area contributed by atoms with Crippen molar-refractivity contribution in [3.05, 3.63) is 12.7 Å². The third-order valence-corrected chi connectivity index (χ3v) is 1.45. The first-order valence-corrected chi connectivity index (χ1v) is 3.95. The summed E-state index contributed by atoms with van der Waals surface area (Å²) in [6.07, 6.45) is 4.42. The molecule has 0 aliphatic carbocycles. The lowest BCUT2D eigenvalue weighted by Crippen LogP contribution is -2.08. The third kappa shape index (κ3) is 5.83. The van der Waals surface area contributed by atoms with Gasteiger partial charge in [-0.25, -0.2) is 0 Å². The molecular weight excluding hydrogens is 124 g/mol. The summed E-state index contributed by atoms with van der Waals surface area (Å²) in [6, 6.07) is 0. The molecule has 10 heavy (non-hydrogen) atoms. The van der Waals surface area contributed by atoms with Crippen LogP contribution in [0.25, 0.3) is 0 Å². The molecule has 1 nitrogen and oxygen atoms in total. The molecule has 1 atom stereocenters. The molecule has 0 aromatic carbocycles. The summed E-state index contributed by atoms with van der Waals surface area (Å²) in [7, 11) is 0. The lowest BCUT2D eigenvalue weighted by atomic mass is 10.0. The molecule has 1 N–H and O–H groups in total. The van der Waals surface area contributed by atoms with E-state index in [9.17, 15) is 5.11 Å². The van der Waals surface area contributed by atoms with E-state index in [2.05, 4.69) is 20.4 Å². The first kappa shape index (κ1) is 9.70. The molecule has 0 aliphatic rings. The molecule has 60 valence electrons. The topological polar surface area (TPSA) is 20.2 Å². The van der Waals surface area contributed by atoms with Crippen LogP contribution < -0.4 is 0 Å². The zero-order valence-corrected chi connectivity index (χ0v) is 7.01. The maximum atomic E-state index is 9.30. The predicted octanol–water partition coefficient (Wildman–Crippen LogP) is 2.36. The standard InChI is InChI=1S/C9H18O/c1-4-5-6-9(10)7-8(2)3/h4,8-10H,1,5-7H2,2-3H3. The molecule has 0 rings (SSSR count). The molecule has 0 aromatic rings. The molecule has 0 aromatic heterocycles. The molecule has 0 bridgehead atoms. The predicted molar refractivity (Wildman–Crippen MR) is 44.9 cm³/mol. The molecule has 0 spiro atoms. The summed E-state index contributed by atoms with van der Waals surface area (Å²) in [4.78, 5) is 0. The third-order valence-electron chi connectivity index (χ3n) is 1.45. The Morgan fingerprint density at radius 3 is 2.50 bits per heavy atom. The number of allylic oxidation sites excluding steroid dienone is 1. The minimum atomic E-state index is -0.127. The van der Waals surface area contributed by atoms with Crippen LogP contribution in [-0.4, -0.2) is 11.2 Å². The first-order valence-electron chi connectivity index (χ1n) is 3.95. The fraction of sp³-hybridized carbons (Fsp3) is 0.778. The van der Waals surface area contributed by atoms with Crippen LogP contribution in [0.15, 0.2) is 12.7 Å². The molecule has 0 heterocycles. The number of hydrogen-bond donors (Lipinski definition) is 1. The average Bonchev–Trinajstić information content (AvgIpc) is 1.82. The van der Waals surface area contributed by atoms with Crippen molar-refractivity contribution in [2.45, 2.75) is 39.2 Å². The van der Waals surface area contributed by atoms with Gasteiger partial charge in [-0.1, -0.05) is 19.9 Å². The second-order valence-electron chi connectivity index (χ2n) is 3.15. The van der Waals surface area contributed by atoms with Gasteiger partial charge in [0.15, 0.2) is 0 Å². The van der Waals surface area contributed by atoms with Gasteiger partial charge in [-0.3, -0.25) is 0 Å². The fourth-order valence-corrected chi connectivity index (χ4v) is 0.972. The van der Waals surface area contributed by atoms with Gasteiger partial charge in [0.2, 0.25) is 0 Å². The largest absolute Gasteiger partial charge is 0.393 e. The summed E-state index contributed by atoms with van der Waals surface area (Å²) in [5, 5.41) is 9.30. The number of rotatable bonds is 5. The molecular formula is C9H18O. The monoisotopic (exact) mass is 142 g/mol. The number of hydrogen-bond acceptors (Lipinski definition) is 1. The zero-order valence-electron chi connectivity index (χ0n) is 7.01. The minimum Gasteiger partial charge on any atom is -0.393 e. The van der Waals surface area contributed by atoms with Crippen molar-refractivity contribution in [2.75, 3.05) is 0 Å². The van der Waals surface area contributed by atoms with Crippen LogP contribution in [0.5, 0.6) is 0 Å². The molecule has 0 radical (unpaired) electrons. The van der Waals surface area contributed by atoms with Gasteiger partial charge >= 0.3 is 0 Å². The van der Waals surface area contributed by atoms with Crippen molar-refractivity contribution in [3.8, 4) is 0 Å². The Kier molecular flexibility index (Phi) is 5.32. The van der Waals surface area contributed by atoms with Crippen LogP contribution in [0, 0.1) is 5.92 Å². The summed E-state index contributed by atoms with van der Waals surface area (Å²) in [6.45, 7) is 7.84. The highest BCUT2D eigenvalue weighted by Gasteiger charge is 2.04. The van der Waals surface area contributed by atoms with Crippen LogP contribution in [0.1, 0.15) is 33.1 Å². The van der Waals surface area contributed by atoms with E-state index in [0.717, 1.165) is 19.3 Å². The molecule has 1 unspecified atom stereocenters. The van der Waals surface area contributed by atoms with Gasteiger partial charge in [-0.05, 0) is 25.2 Å². The van der Waals surface area contributed by atoms with E-state index in [-0.39, 0.29) is 6.10 Å². The highest BCUT2D eigenvalue weighted by molar-refractivity contribution is 4.69. The molecule has 0 fully saturated rings. The van der Waals surface area contributed by atoms with Crippen LogP contribution in [0.4, 0.5) is 0 Å². The summed E-state index contributed by atoms with van der Waals surface area (Å²) in [5.41, 5.74) is 0. The molecule has 1 heteroatoms. The fourth-order valence-electron chi connectivity index (χ4n) is 0.972. The van der Waals surface area contributed by atoms with Crippen molar-refractivity contribution in [2.24, 2.45) is 5.92 Å². The highest BCUT2D eigenvalue weighted by Crippen LogP contribution is 2.09. The maximum Gasteiger partial charge on any atom is 0.0545 e. The Hall–Kier alpha value is -0.300. The SMILES string of the molecule is C=CCCC(O)CC(C)C. The second-order valence-corrected chi connectivity index (χ2v) is 3.15. The highest BCUT2D eigenvalue weighted by atomic mass is 16.3. The van der Waals surface area contributed by atoms with E-state index >= 15 is 0 Å². The van der Waals surface area contributed by atoms with Crippen molar-refractivity contribution in [3.63, 3.8) is 0 Å². The molecule has 0 saturated carbocycles. The normalized spacial score (nSPS) is 13.6. The minimum absolute atomic E-state index is 0.127. The van der Waals surface area contributed by atoms with Gasteiger partial charge in [0.25, 0.3) is 0 Å². The quantitative estimate of drug-likeness (QED) is 0.584. The Balaban J connectivity index is 3.24. The van der Waals surface area contributed by atoms with E-state index in [4.69, 9.17) is 0 Å². The molecule has 0 saturated heterocycles. The van der Waals surface area contributed by atoms with E-state index in [1.165, 1.54) is 0 Å². The second kappa shape index (κ2) is 5.48. The van der Waals surface area contributed by atoms with Gasteiger partial charge in [0, 0.05) is 0 Å². The number of aliphatic hydroxyl groups is 1. The Morgan fingerprint density at radius 2 is 2.10 bits per heavy atom. The van der Waals surface area contributed by atoms with Crippen LogP contribution in [0.3, 0.4) is 0 Å². The zero-order chi connectivity index (χ0) is 7.98. The van der Waals surface area contributed by atoms with Crippen LogP contribution >= 0.6 is 0 Å². The van der Waals surface area contributed by atoms with Crippen molar-refractivity contribution in [1.29, 1.82) is 0 Å². The van der Waals surface area contributed by atoms with E-state index in [0.29, 0.717) is 5.92 Å². The van der Waals surface area contributed by atoms with Gasteiger partial charge in [-0.2, -0.15) is 0 Å². The van der Waals surface area contributed by atoms with Crippen molar-refractivity contribution >= 4 is 0 Å². The van der Waals surface area contributed by atoms with Gasteiger partial charge in [-0.15, -0.1) is 6.58 Å². The van der Waals surface area contributed by atoms with Gasteiger partial charge in [0.1, 0.15) is 0 Å². The lowest BCUT2D eigenvalue weighted by molar-refractivity contribution is 0.140. The molecule has 0 amide bonds. The average molecular weight is 142 g/mol. The Labute approximate surface area is 63.8 Å². The maximum absolute atomic E-state index is 9.30. The summed E-state index contributed by atoms with van der Waals surface area (Å²) < 4.78 is 0.